The Hall–Kier alpha value is -2.84. The first kappa shape index (κ1) is 22.4. The van der Waals surface area contributed by atoms with Crippen LogP contribution in [0.1, 0.15) is 28.8 Å². The van der Waals surface area contributed by atoms with Crippen molar-refractivity contribution >= 4 is 11.6 Å². The van der Waals surface area contributed by atoms with Crippen molar-refractivity contribution in [2.75, 3.05) is 20.2 Å². The highest BCUT2D eigenvalue weighted by Gasteiger charge is 2.36. The van der Waals surface area contributed by atoms with Crippen LogP contribution in [0.5, 0.6) is 5.75 Å². The number of pyridine rings is 1. The van der Waals surface area contributed by atoms with Gasteiger partial charge < -0.3 is 4.74 Å². The lowest BCUT2D eigenvalue weighted by molar-refractivity contribution is 0.303. The highest BCUT2D eigenvalue weighted by molar-refractivity contribution is 6.30. The molecule has 0 amide bonds. The third-order valence-corrected chi connectivity index (χ3v) is 6.10. The fourth-order valence-corrected chi connectivity index (χ4v) is 4.22. The minimum Gasteiger partial charge on any atom is -0.497 e. The topological polar surface area (TPSA) is 37.4 Å². The van der Waals surface area contributed by atoms with Crippen LogP contribution in [0.15, 0.2) is 66.7 Å². The van der Waals surface area contributed by atoms with E-state index in [1.165, 1.54) is 11.1 Å². The fraction of sp³-hybridized carbons (Fsp3) is 0.296. The largest absolute Gasteiger partial charge is 0.497 e. The third-order valence-electron chi connectivity index (χ3n) is 5.81. The molecule has 2 heterocycles. The zero-order valence-electron chi connectivity index (χ0n) is 18.6. The number of hydrogen-bond donors (Lipinski definition) is 1. The van der Waals surface area contributed by atoms with E-state index >= 15 is 0 Å². The number of rotatable bonds is 6. The average Bonchev–Trinajstić information content (AvgIpc) is 3.21. The maximum absolute atomic E-state index is 6.34. The summed E-state index contributed by atoms with van der Waals surface area (Å²) in [4.78, 5) is 6.80. The Kier molecular flexibility index (Phi) is 7.12. The maximum Gasteiger partial charge on any atom is 0.144 e. The molecule has 1 aliphatic heterocycles. The summed E-state index contributed by atoms with van der Waals surface area (Å²) < 4.78 is 5.28. The molecule has 1 saturated heterocycles. The molecule has 4 nitrogen and oxygen atoms in total. The molecule has 3 aromatic rings. The van der Waals surface area contributed by atoms with Gasteiger partial charge in [-0.15, -0.1) is 0 Å². The molecule has 0 bridgehead atoms. The second-order valence-electron chi connectivity index (χ2n) is 8.27. The van der Waals surface area contributed by atoms with Crippen LogP contribution >= 0.6 is 11.6 Å². The van der Waals surface area contributed by atoms with Crippen molar-refractivity contribution < 1.29 is 4.74 Å². The molecule has 0 radical (unpaired) electrons. The summed E-state index contributed by atoms with van der Waals surface area (Å²) in [5, 5.41) is 4.21. The number of nitrogens with one attached hydrogen (secondary N) is 1. The second-order valence-corrected chi connectivity index (χ2v) is 8.63. The lowest BCUT2D eigenvalue weighted by atomic mass is 9.98. The number of nitrogens with zero attached hydrogens (tertiary/aromatic N) is 2. The van der Waals surface area contributed by atoms with E-state index in [0.717, 1.165) is 49.6 Å². The summed E-state index contributed by atoms with van der Waals surface area (Å²) in [6.07, 6.45) is 0.944. The van der Waals surface area contributed by atoms with E-state index in [9.17, 15) is 0 Å². The number of halogens is 1. The van der Waals surface area contributed by atoms with E-state index in [2.05, 4.69) is 69.5 Å². The molecule has 1 aliphatic rings. The van der Waals surface area contributed by atoms with Gasteiger partial charge in [-0.05, 0) is 48.7 Å². The molecular formula is C27H28ClN3O. The monoisotopic (exact) mass is 445 g/mol. The van der Waals surface area contributed by atoms with Gasteiger partial charge in [0, 0.05) is 31.9 Å². The lowest BCUT2D eigenvalue weighted by Crippen LogP contribution is -2.46. The Bertz CT molecular complexity index is 1110. The number of hydrogen-bond acceptors (Lipinski definition) is 4. The van der Waals surface area contributed by atoms with Gasteiger partial charge in [0.25, 0.3) is 0 Å². The number of likely N-dealkylation sites (tertiary alicyclic amines) is 1. The fourth-order valence-electron chi connectivity index (χ4n) is 3.98. The first-order chi connectivity index (χ1) is 15.5. The SMILES string of the molecule is COc1ccc(CNC2(C#Cc3ccc(C)nc3Cl)CCN(Cc3ccccc3)C2)cc1. The van der Waals surface area contributed by atoms with Gasteiger partial charge in [-0.25, -0.2) is 4.98 Å². The zero-order chi connectivity index (χ0) is 22.4. The van der Waals surface area contributed by atoms with E-state index in [-0.39, 0.29) is 5.54 Å². The molecule has 1 fully saturated rings. The Balaban J connectivity index is 1.54. The standard InChI is InChI=1S/C27H28ClN3O/c1-21-8-11-24(26(28)30-21)14-15-27(29-18-22-9-12-25(32-2)13-10-22)16-17-31(20-27)19-23-6-4-3-5-7-23/h3-13,29H,16-20H2,1-2H3. The molecule has 164 valence electrons. The molecule has 1 atom stereocenters. The van der Waals surface area contributed by atoms with E-state index in [1.54, 1.807) is 7.11 Å². The van der Waals surface area contributed by atoms with Crippen molar-refractivity contribution in [1.82, 2.24) is 15.2 Å². The molecule has 5 heteroatoms. The van der Waals surface area contributed by atoms with Crippen LogP contribution in [-0.4, -0.2) is 35.6 Å². The van der Waals surface area contributed by atoms with Crippen molar-refractivity contribution in [3.63, 3.8) is 0 Å². The van der Waals surface area contributed by atoms with Crippen molar-refractivity contribution in [2.24, 2.45) is 0 Å². The number of benzene rings is 2. The second kappa shape index (κ2) is 10.2. The van der Waals surface area contributed by atoms with Gasteiger partial charge >= 0.3 is 0 Å². The summed E-state index contributed by atoms with van der Waals surface area (Å²) in [5.41, 5.74) is 3.86. The van der Waals surface area contributed by atoms with Crippen LogP contribution in [0, 0.1) is 18.8 Å². The van der Waals surface area contributed by atoms with E-state index in [1.807, 2.05) is 31.2 Å². The van der Waals surface area contributed by atoms with Crippen LogP contribution in [0.2, 0.25) is 5.15 Å². The van der Waals surface area contributed by atoms with Crippen molar-refractivity contribution in [3.05, 3.63) is 94.3 Å². The number of aromatic nitrogens is 1. The number of methoxy groups -OCH3 is 1. The molecule has 1 N–H and O–H groups in total. The predicted molar refractivity (Wildman–Crippen MR) is 130 cm³/mol. The van der Waals surface area contributed by atoms with E-state index < -0.39 is 0 Å². The average molecular weight is 446 g/mol. The van der Waals surface area contributed by atoms with Crippen molar-refractivity contribution in [2.45, 2.75) is 32.0 Å². The van der Waals surface area contributed by atoms with Crippen molar-refractivity contribution in [1.29, 1.82) is 0 Å². The van der Waals surface area contributed by atoms with Crippen LogP contribution in [0.3, 0.4) is 0 Å². The van der Waals surface area contributed by atoms with E-state index in [4.69, 9.17) is 16.3 Å². The molecule has 1 unspecified atom stereocenters. The molecular weight excluding hydrogens is 418 g/mol. The van der Waals surface area contributed by atoms with Crippen LogP contribution in [-0.2, 0) is 13.1 Å². The zero-order valence-corrected chi connectivity index (χ0v) is 19.3. The first-order valence-electron chi connectivity index (χ1n) is 10.9. The predicted octanol–water partition coefficient (Wildman–Crippen LogP) is 4.84. The Morgan fingerprint density at radius 1 is 1.06 bits per heavy atom. The highest BCUT2D eigenvalue weighted by atomic mass is 35.5. The molecule has 0 aliphatic carbocycles. The molecule has 1 aromatic heterocycles. The summed E-state index contributed by atoms with van der Waals surface area (Å²) in [7, 11) is 1.68. The Morgan fingerprint density at radius 3 is 2.56 bits per heavy atom. The summed E-state index contributed by atoms with van der Waals surface area (Å²) in [6.45, 7) is 5.42. The van der Waals surface area contributed by atoms with Gasteiger partial charge in [-0.2, -0.15) is 0 Å². The minimum atomic E-state index is -0.317. The number of ether oxygens (including phenoxy) is 1. The van der Waals surface area contributed by atoms with Gasteiger partial charge in [0.05, 0.1) is 18.2 Å². The van der Waals surface area contributed by atoms with Crippen LogP contribution in [0.4, 0.5) is 0 Å². The summed E-state index contributed by atoms with van der Waals surface area (Å²) in [6, 6.07) is 22.6. The van der Waals surface area contributed by atoms with E-state index in [0.29, 0.717) is 5.15 Å². The quantitative estimate of drug-likeness (QED) is 0.435. The van der Waals surface area contributed by atoms with Gasteiger partial charge in [-0.1, -0.05) is 65.9 Å². The first-order valence-corrected chi connectivity index (χ1v) is 11.2. The van der Waals surface area contributed by atoms with Gasteiger partial charge in [0.2, 0.25) is 0 Å². The minimum absolute atomic E-state index is 0.317. The Morgan fingerprint density at radius 2 is 1.84 bits per heavy atom. The van der Waals surface area contributed by atoms with Crippen molar-refractivity contribution in [3.8, 4) is 17.6 Å². The number of aryl methyl sites for hydroxylation is 1. The normalized spacial score (nSPS) is 18.2. The molecule has 2 aromatic carbocycles. The molecule has 0 spiro atoms. The maximum atomic E-state index is 6.34. The molecule has 4 rings (SSSR count). The van der Waals surface area contributed by atoms with Gasteiger partial charge in [0.15, 0.2) is 0 Å². The smallest absolute Gasteiger partial charge is 0.144 e. The molecule has 32 heavy (non-hydrogen) atoms. The molecule has 0 saturated carbocycles. The lowest BCUT2D eigenvalue weighted by Gasteiger charge is -2.26. The van der Waals surface area contributed by atoms with Crippen LogP contribution in [0.25, 0.3) is 0 Å². The highest BCUT2D eigenvalue weighted by Crippen LogP contribution is 2.24. The third kappa shape index (κ3) is 5.69. The van der Waals surface area contributed by atoms with Gasteiger partial charge in [-0.3, -0.25) is 10.2 Å². The van der Waals surface area contributed by atoms with Gasteiger partial charge in [0.1, 0.15) is 10.9 Å². The summed E-state index contributed by atoms with van der Waals surface area (Å²) in [5.74, 6) is 7.70. The van der Waals surface area contributed by atoms with Crippen LogP contribution < -0.4 is 10.1 Å². The summed E-state index contributed by atoms with van der Waals surface area (Å²) >= 11 is 6.34. The Labute approximate surface area is 195 Å².